The van der Waals surface area contributed by atoms with Crippen molar-refractivity contribution in [2.75, 3.05) is 6.61 Å². The van der Waals surface area contributed by atoms with Gasteiger partial charge >= 0.3 is 5.97 Å². The molecule has 1 aromatic heterocycles. The summed E-state index contributed by atoms with van der Waals surface area (Å²) in [4.78, 5) is 26.7. The first-order valence-corrected chi connectivity index (χ1v) is 7.75. The fourth-order valence-electron chi connectivity index (χ4n) is 2.29. The van der Waals surface area contributed by atoms with E-state index >= 15 is 0 Å². The SMILES string of the molecule is O=C(COC(=O)c1cc2ccccc2[nH]1)NCc1cccc(Cl)c1. The predicted octanol–water partition coefficient (Wildman–Crippen LogP) is 3.29. The minimum atomic E-state index is -0.566. The van der Waals surface area contributed by atoms with Gasteiger partial charge in [-0.2, -0.15) is 0 Å². The van der Waals surface area contributed by atoms with Crippen LogP contribution in [0.1, 0.15) is 16.1 Å². The van der Waals surface area contributed by atoms with Crippen LogP contribution in [-0.2, 0) is 16.1 Å². The number of halogens is 1. The molecule has 0 saturated carbocycles. The number of aromatic amines is 1. The molecule has 0 radical (unpaired) electrons. The lowest BCUT2D eigenvalue weighted by atomic mass is 10.2. The van der Waals surface area contributed by atoms with E-state index in [1.165, 1.54) is 0 Å². The maximum Gasteiger partial charge on any atom is 0.355 e. The van der Waals surface area contributed by atoms with Crippen LogP contribution < -0.4 is 5.32 Å². The van der Waals surface area contributed by atoms with Crippen molar-refractivity contribution >= 4 is 34.4 Å². The zero-order valence-corrected chi connectivity index (χ0v) is 13.5. The third-order valence-corrected chi connectivity index (χ3v) is 3.70. The van der Waals surface area contributed by atoms with Crippen molar-refractivity contribution in [3.05, 3.63) is 70.9 Å². The maximum atomic E-state index is 12.0. The molecule has 0 bridgehead atoms. The van der Waals surface area contributed by atoms with Crippen molar-refractivity contribution in [3.63, 3.8) is 0 Å². The monoisotopic (exact) mass is 342 g/mol. The Labute approximate surface area is 143 Å². The Bertz CT molecular complexity index is 856. The average Bonchev–Trinajstić information content (AvgIpc) is 3.02. The summed E-state index contributed by atoms with van der Waals surface area (Å²) in [6.07, 6.45) is 0. The van der Waals surface area contributed by atoms with Crippen LogP contribution in [-0.4, -0.2) is 23.5 Å². The second-order valence-corrected chi connectivity index (χ2v) is 5.69. The number of nitrogens with one attached hydrogen (secondary N) is 2. The molecule has 5 nitrogen and oxygen atoms in total. The number of hydrogen-bond acceptors (Lipinski definition) is 3. The molecule has 122 valence electrons. The zero-order valence-electron chi connectivity index (χ0n) is 12.7. The molecule has 0 aliphatic carbocycles. The fraction of sp³-hybridized carbons (Fsp3) is 0.111. The van der Waals surface area contributed by atoms with E-state index in [9.17, 15) is 9.59 Å². The molecule has 0 spiro atoms. The summed E-state index contributed by atoms with van der Waals surface area (Å²) in [5.41, 5.74) is 2.03. The van der Waals surface area contributed by atoms with Crippen molar-refractivity contribution in [1.29, 1.82) is 0 Å². The molecule has 0 aliphatic heterocycles. The summed E-state index contributed by atoms with van der Waals surface area (Å²) >= 11 is 5.88. The Kier molecular flexibility index (Phi) is 4.82. The zero-order chi connectivity index (χ0) is 16.9. The Morgan fingerprint density at radius 1 is 1.08 bits per heavy atom. The van der Waals surface area contributed by atoms with Gasteiger partial charge in [-0.3, -0.25) is 4.79 Å². The van der Waals surface area contributed by atoms with Gasteiger partial charge in [-0.25, -0.2) is 4.79 Å². The average molecular weight is 343 g/mol. The number of hydrogen-bond donors (Lipinski definition) is 2. The highest BCUT2D eigenvalue weighted by Crippen LogP contribution is 2.15. The summed E-state index contributed by atoms with van der Waals surface area (Å²) < 4.78 is 5.02. The molecule has 0 fully saturated rings. The van der Waals surface area contributed by atoms with E-state index in [2.05, 4.69) is 10.3 Å². The van der Waals surface area contributed by atoms with E-state index in [-0.39, 0.29) is 12.5 Å². The van der Waals surface area contributed by atoms with Gasteiger partial charge in [0, 0.05) is 22.5 Å². The number of aromatic nitrogens is 1. The number of carbonyl (C=O) groups excluding carboxylic acids is 2. The maximum absolute atomic E-state index is 12.0. The first kappa shape index (κ1) is 16.1. The number of esters is 1. The highest BCUT2D eigenvalue weighted by molar-refractivity contribution is 6.30. The third kappa shape index (κ3) is 3.94. The lowest BCUT2D eigenvalue weighted by Crippen LogP contribution is -2.28. The first-order chi connectivity index (χ1) is 11.6. The number of para-hydroxylation sites is 1. The van der Waals surface area contributed by atoms with Crippen LogP contribution in [0.2, 0.25) is 5.02 Å². The van der Waals surface area contributed by atoms with Gasteiger partial charge in [0.2, 0.25) is 0 Å². The Balaban J connectivity index is 1.51. The molecule has 24 heavy (non-hydrogen) atoms. The highest BCUT2D eigenvalue weighted by atomic mass is 35.5. The van der Waals surface area contributed by atoms with Crippen LogP contribution in [0.15, 0.2) is 54.6 Å². The minimum absolute atomic E-state index is 0.318. The number of fused-ring (bicyclic) bond motifs is 1. The van der Waals surface area contributed by atoms with Crippen LogP contribution in [0.3, 0.4) is 0 Å². The van der Waals surface area contributed by atoms with E-state index < -0.39 is 5.97 Å². The van der Waals surface area contributed by atoms with E-state index in [4.69, 9.17) is 16.3 Å². The lowest BCUT2D eigenvalue weighted by Gasteiger charge is -2.06. The van der Waals surface area contributed by atoms with Crippen LogP contribution in [0, 0.1) is 0 Å². The van der Waals surface area contributed by atoms with Gasteiger partial charge in [-0.15, -0.1) is 0 Å². The number of H-pyrrole nitrogens is 1. The molecule has 3 rings (SSSR count). The molecule has 0 atom stereocenters. The van der Waals surface area contributed by atoms with Gasteiger partial charge in [0.1, 0.15) is 5.69 Å². The molecule has 3 aromatic rings. The van der Waals surface area contributed by atoms with E-state index in [1.807, 2.05) is 30.3 Å². The van der Waals surface area contributed by atoms with Crippen LogP contribution in [0.4, 0.5) is 0 Å². The predicted molar refractivity (Wildman–Crippen MR) is 91.9 cm³/mol. The van der Waals surface area contributed by atoms with Gasteiger partial charge in [0.25, 0.3) is 5.91 Å². The Morgan fingerprint density at radius 2 is 1.92 bits per heavy atom. The minimum Gasteiger partial charge on any atom is -0.451 e. The molecule has 1 heterocycles. The Morgan fingerprint density at radius 3 is 2.71 bits per heavy atom. The smallest absolute Gasteiger partial charge is 0.355 e. The van der Waals surface area contributed by atoms with E-state index in [1.54, 1.807) is 24.3 Å². The molecule has 0 unspecified atom stereocenters. The van der Waals surface area contributed by atoms with Gasteiger partial charge in [0.15, 0.2) is 6.61 Å². The van der Waals surface area contributed by atoms with E-state index in [0.717, 1.165) is 16.5 Å². The molecule has 0 saturated heterocycles. The van der Waals surface area contributed by atoms with Crippen molar-refractivity contribution in [3.8, 4) is 0 Å². The highest BCUT2D eigenvalue weighted by Gasteiger charge is 2.12. The van der Waals surface area contributed by atoms with Crippen LogP contribution >= 0.6 is 11.6 Å². The van der Waals surface area contributed by atoms with E-state index in [0.29, 0.717) is 17.3 Å². The summed E-state index contributed by atoms with van der Waals surface area (Å²) in [6, 6.07) is 16.4. The number of ether oxygens (including phenoxy) is 1. The number of rotatable bonds is 5. The fourth-order valence-corrected chi connectivity index (χ4v) is 2.50. The molecule has 6 heteroatoms. The van der Waals surface area contributed by atoms with Gasteiger partial charge in [0.05, 0.1) is 0 Å². The molecule has 0 aliphatic rings. The van der Waals surface area contributed by atoms with Gasteiger partial charge < -0.3 is 15.0 Å². The quantitative estimate of drug-likeness (QED) is 0.699. The Hall–Kier alpha value is -2.79. The molecular formula is C18H15ClN2O3. The normalized spacial score (nSPS) is 10.5. The topological polar surface area (TPSA) is 71.2 Å². The van der Waals surface area contributed by atoms with Crippen molar-refractivity contribution in [2.45, 2.75) is 6.54 Å². The van der Waals surface area contributed by atoms with Gasteiger partial charge in [-0.1, -0.05) is 41.9 Å². The summed E-state index contributed by atoms with van der Waals surface area (Å²) in [6.45, 7) is -0.0158. The van der Waals surface area contributed by atoms with Crippen molar-refractivity contribution in [1.82, 2.24) is 10.3 Å². The second-order valence-electron chi connectivity index (χ2n) is 5.25. The van der Waals surface area contributed by atoms with Crippen LogP contribution in [0.5, 0.6) is 0 Å². The first-order valence-electron chi connectivity index (χ1n) is 7.38. The third-order valence-electron chi connectivity index (χ3n) is 3.46. The summed E-state index contributed by atoms with van der Waals surface area (Å²) in [7, 11) is 0. The molecule has 2 N–H and O–H groups in total. The van der Waals surface area contributed by atoms with Crippen molar-refractivity contribution < 1.29 is 14.3 Å². The second kappa shape index (κ2) is 7.19. The standard InChI is InChI=1S/C18H15ClN2O3/c19-14-6-3-4-12(8-14)10-20-17(22)11-24-18(23)16-9-13-5-1-2-7-15(13)21-16/h1-9,21H,10-11H2,(H,20,22). The number of amides is 1. The number of carbonyl (C=O) groups is 2. The summed E-state index contributed by atoms with van der Waals surface area (Å²) in [5, 5.41) is 4.19. The lowest BCUT2D eigenvalue weighted by molar-refractivity contribution is -0.124. The summed E-state index contributed by atoms with van der Waals surface area (Å²) in [5.74, 6) is -0.941. The number of benzene rings is 2. The van der Waals surface area contributed by atoms with Crippen molar-refractivity contribution in [2.24, 2.45) is 0 Å². The molecule has 2 aromatic carbocycles. The van der Waals surface area contributed by atoms with Gasteiger partial charge in [-0.05, 0) is 29.8 Å². The molecule has 1 amide bonds. The molecular weight excluding hydrogens is 328 g/mol. The largest absolute Gasteiger partial charge is 0.451 e. The van der Waals surface area contributed by atoms with Crippen LogP contribution in [0.25, 0.3) is 10.9 Å².